The maximum atomic E-state index is 12.3. The molecular formula is C20H30N2O6. The quantitative estimate of drug-likeness (QED) is 0.402. The molecule has 4 amide bonds. The number of carbonyl (C=O) groups is 5. The molecule has 0 aromatic heterocycles. The molecule has 0 bridgehead atoms. The van der Waals surface area contributed by atoms with Crippen LogP contribution in [0.25, 0.3) is 0 Å². The first-order valence-corrected chi connectivity index (χ1v) is 10.3. The summed E-state index contributed by atoms with van der Waals surface area (Å²) in [5, 5.41) is 10.0. The standard InChI is InChI=1S/C20H30N2O6/c1-2-3-4-5-6-7-8-9-14-20(19(27)28,21-15(23)10-11-16(21)24)22-17(25)12-13-18(22)26/h2-14H2,1H3,(H,27,28). The lowest BCUT2D eigenvalue weighted by Gasteiger charge is -2.42. The van der Waals surface area contributed by atoms with Gasteiger partial charge in [0.15, 0.2) is 0 Å². The first kappa shape index (κ1) is 22.0. The van der Waals surface area contributed by atoms with Gasteiger partial charge >= 0.3 is 5.97 Å². The maximum absolute atomic E-state index is 12.3. The number of aliphatic carboxylic acids is 1. The summed E-state index contributed by atoms with van der Waals surface area (Å²) in [6.45, 7) is 2.15. The molecule has 1 N–H and O–H groups in total. The van der Waals surface area contributed by atoms with Crippen LogP contribution in [0.3, 0.4) is 0 Å². The minimum absolute atomic E-state index is 0.0957. The van der Waals surface area contributed by atoms with E-state index in [0.29, 0.717) is 22.6 Å². The molecular weight excluding hydrogens is 364 g/mol. The van der Waals surface area contributed by atoms with Gasteiger partial charge in [-0.15, -0.1) is 0 Å². The Labute approximate surface area is 165 Å². The molecule has 0 radical (unpaired) electrons. The Balaban J connectivity index is 2.15. The van der Waals surface area contributed by atoms with E-state index in [-0.39, 0.29) is 32.1 Å². The van der Waals surface area contributed by atoms with Crippen molar-refractivity contribution in [2.75, 3.05) is 0 Å². The third kappa shape index (κ3) is 4.42. The first-order chi connectivity index (χ1) is 13.4. The smallest absolute Gasteiger partial charge is 0.351 e. The molecule has 0 unspecified atom stereocenters. The average molecular weight is 394 g/mol. The number of hydrogen-bond donors (Lipinski definition) is 1. The summed E-state index contributed by atoms with van der Waals surface area (Å²) in [5.74, 6) is -4.06. The lowest BCUT2D eigenvalue weighted by Crippen LogP contribution is -2.68. The summed E-state index contributed by atoms with van der Waals surface area (Å²) in [5.41, 5.74) is -2.22. The van der Waals surface area contributed by atoms with Gasteiger partial charge in [0.1, 0.15) is 0 Å². The largest absolute Gasteiger partial charge is 0.478 e. The summed E-state index contributed by atoms with van der Waals surface area (Å²) in [4.78, 5) is 63.0. The Morgan fingerprint density at radius 3 is 1.46 bits per heavy atom. The van der Waals surface area contributed by atoms with E-state index in [0.717, 1.165) is 25.7 Å². The molecule has 28 heavy (non-hydrogen) atoms. The number of carbonyl (C=O) groups excluding carboxylic acids is 4. The fourth-order valence-electron chi connectivity index (χ4n) is 4.11. The van der Waals surface area contributed by atoms with Crippen LogP contribution in [-0.2, 0) is 24.0 Å². The molecule has 0 aliphatic carbocycles. The van der Waals surface area contributed by atoms with E-state index in [1.54, 1.807) is 0 Å². The van der Waals surface area contributed by atoms with Crippen molar-refractivity contribution < 1.29 is 29.1 Å². The second-order valence-corrected chi connectivity index (χ2v) is 7.59. The highest BCUT2D eigenvalue weighted by Crippen LogP contribution is 2.36. The highest BCUT2D eigenvalue weighted by Gasteiger charge is 2.60. The Bertz CT molecular complexity index is 577. The van der Waals surface area contributed by atoms with Crippen LogP contribution in [0.1, 0.15) is 90.4 Å². The zero-order valence-electron chi connectivity index (χ0n) is 16.6. The fraction of sp³-hybridized carbons (Fsp3) is 0.750. The van der Waals surface area contributed by atoms with Gasteiger partial charge < -0.3 is 5.11 Å². The molecule has 2 aliphatic rings. The van der Waals surface area contributed by atoms with Crippen LogP contribution in [0.4, 0.5) is 0 Å². The van der Waals surface area contributed by atoms with Crippen molar-refractivity contribution in [1.82, 2.24) is 9.80 Å². The van der Waals surface area contributed by atoms with Crippen LogP contribution >= 0.6 is 0 Å². The number of carboxylic acids is 1. The van der Waals surface area contributed by atoms with Crippen molar-refractivity contribution in [3.05, 3.63) is 0 Å². The topological polar surface area (TPSA) is 112 Å². The molecule has 156 valence electrons. The molecule has 0 aromatic rings. The highest BCUT2D eigenvalue weighted by atomic mass is 16.4. The molecule has 8 heteroatoms. The first-order valence-electron chi connectivity index (χ1n) is 10.3. The van der Waals surface area contributed by atoms with Crippen molar-refractivity contribution in [3.63, 3.8) is 0 Å². The number of hydrogen-bond acceptors (Lipinski definition) is 5. The van der Waals surface area contributed by atoms with E-state index in [9.17, 15) is 29.1 Å². The summed E-state index contributed by atoms with van der Waals surface area (Å²) in [6.07, 6.45) is 7.21. The number of imide groups is 2. The van der Waals surface area contributed by atoms with Crippen LogP contribution in [0.5, 0.6) is 0 Å². The van der Waals surface area contributed by atoms with Gasteiger partial charge in [-0.05, 0) is 6.42 Å². The van der Waals surface area contributed by atoms with Gasteiger partial charge in [0.25, 0.3) is 0 Å². The van der Waals surface area contributed by atoms with Crippen molar-refractivity contribution >= 4 is 29.6 Å². The molecule has 0 atom stereocenters. The van der Waals surface area contributed by atoms with Gasteiger partial charge in [-0.3, -0.25) is 19.2 Å². The van der Waals surface area contributed by atoms with E-state index in [4.69, 9.17) is 0 Å². The van der Waals surface area contributed by atoms with Crippen LogP contribution in [-0.4, -0.2) is 50.2 Å². The van der Waals surface area contributed by atoms with Gasteiger partial charge in [0.2, 0.25) is 29.3 Å². The van der Waals surface area contributed by atoms with Crippen molar-refractivity contribution in [2.45, 2.75) is 96.1 Å². The minimum Gasteiger partial charge on any atom is -0.478 e. The van der Waals surface area contributed by atoms with Crippen LogP contribution in [0.2, 0.25) is 0 Å². The third-order valence-corrected chi connectivity index (χ3v) is 5.56. The average Bonchev–Trinajstić information content (AvgIpc) is 3.16. The van der Waals surface area contributed by atoms with E-state index in [2.05, 4.69) is 6.92 Å². The Morgan fingerprint density at radius 2 is 1.11 bits per heavy atom. The summed E-state index contributed by atoms with van der Waals surface area (Å²) in [6, 6.07) is 0. The predicted molar refractivity (Wildman–Crippen MR) is 99.8 cm³/mol. The number of amides is 4. The second kappa shape index (κ2) is 9.80. The zero-order chi connectivity index (χ0) is 20.7. The molecule has 8 nitrogen and oxygen atoms in total. The van der Waals surface area contributed by atoms with Gasteiger partial charge in [-0.25, -0.2) is 14.6 Å². The van der Waals surface area contributed by atoms with Gasteiger partial charge in [0, 0.05) is 32.1 Å². The molecule has 2 aliphatic heterocycles. The van der Waals surface area contributed by atoms with Crippen LogP contribution in [0, 0.1) is 0 Å². The fourth-order valence-corrected chi connectivity index (χ4v) is 4.11. The van der Waals surface area contributed by atoms with E-state index in [1.807, 2.05) is 0 Å². The number of nitrogens with zero attached hydrogens (tertiary/aromatic N) is 2. The Kier molecular flexibility index (Phi) is 7.71. The van der Waals surface area contributed by atoms with E-state index in [1.165, 1.54) is 12.8 Å². The maximum Gasteiger partial charge on any atom is 0.351 e. The molecule has 2 fully saturated rings. The monoisotopic (exact) mass is 394 g/mol. The molecule has 2 heterocycles. The summed E-state index contributed by atoms with van der Waals surface area (Å²) >= 11 is 0. The summed E-state index contributed by atoms with van der Waals surface area (Å²) < 4.78 is 0. The second-order valence-electron chi connectivity index (χ2n) is 7.59. The van der Waals surface area contributed by atoms with Gasteiger partial charge in [-0.2, -0.15) is 0 Å². The predicted octanol–water partition coefficient (Wildman–Crippen LogP) is 2.60. The molecule has 0 spiro atoms. The zero-order valence-corrected chi connectivity index (χ0v) is 16.6. The third-order valence-electron chi connectivity index (χ3n) is 5.56. The van der Waals surface area contributed by atoms with Gasteiger partial charge in [-0.1, -0.05) is 51.9 Å². The minimum atomic E-state index is -2.22. The highest BCUT2D eigenvalue weighted by molar-refractivity contribution is 6.11. The van der Waals surface area contributed by atoms with Crippen molar-refractivity contribution in [3.8, 4) is 0 Å². The Morgan fingerprint density at radius 1 is 0.750 bits per heavy atom. The molecule has 0 saturated carbocycles. The lowest BCUT2D eigenvalue weighted by atomic mass is 9.96. The molecule has 2 rings (SSSR count). The lowest BCUT2D eigenvalue weighted by molar-refractivity contribution is -0.184. The molecule has 2 saturated heterocycles. The SMILES string of the molecule is CCCCCCCCCCC(C(=O)O)(N1C(=O)CCC1=O)N1C(=O)CCC1=O. The van der Waals surface area contributed by atoms with E-state index >= 15 is 0 Å². The van der Waals surface area contributed by atoms with Crippen molar-refractivity contribution in [1.29, 1.82) is 0 Å². The number of carboxylic acid groups (broad SMARTS) is 1. The van der Waals surface area contributed by atoms with Gasteiger partial charge in [0.05, 0.1) is 0 Å². The number of rotatable bonds is 12. The number of unbranched alkanes of at least 4 members (excludes halogenated alkanes) is 7. The summed E-state index contributed by atoms with van der Waals surface area (Å²) in [7, 11) is 0. The van der Waals surface area contributed by atoms with Crippen LogP contribution < -0.4 is 0 Å². The normalized spacial score (nSPS) is 17.9. The molecule has 0 aromatic carbocycles. The number of likely N-dealkylation sites (tertiary alicyclic amines) is 2. The Hall–Kier alpha value is -2.25. The van der Waals surface area contributed by atoms with E-state index < -0.39 is 35.3 Å². The van der Waals surface area contributed by atoms with Crippen LogP contribution in [0.15, 0.2) is 0 Å². The van der Waals surface area contributed by atoms with Crippen molar-refractivity contribution in [2.24, 2.45) is 0 Å².